The molecule has 2 unspecified atom stereocenters. The van der Waals surface area contributed by atoms with E-state index in [0.717, 1.165) is 16.6 Å². The van der Waals surface area contributed by atoms with Crippen LogP contribution in [0.1, 0.15) is 44.9 Å². The third-order valence-corrected chi connectivity index (χ3v) is 6.35. The first-order valence-electron chi connectivity index (χ1n) is 9.25. The monoisotopic (exact) mass is 588 g/mol. The molecule has 0 aromatic heterocycles. The number of hydrogen-bond acceptors (Lipinski definition) is 3. The number of benzene rings is 3. The average Bonchev–Trinajstić information content (AvgIpc) is 3.06. The van der Waals surface area contributed by atoms with Crippen LogP contribution in [0, 0.1) is 0 Å². The van der Waals surface area contributed by atoms with Crippen molar-refractivity contribution in [3.63, 3.8) is 0 Å². The van der Waals surface area contributed by atoms with E-state index in [4.69, 9.17) is 11.6 Å². The second-order valence-corrected chi connectivity index (χ2v) is 9.40. The predicted octanol–water partition coefficient (Wildman–Crippen LogP) is 6.82. The van der Waals surface area contributed by atoms with Gasteiger partial charge in [-0.3, -0.25) is 10.1 Å². The number of carbonyl (C=O) groups excluding carboxylic acids is 1. The average molecular weight is 591 g/mol. The molecule has 0 bridgehead atoms. The van der Waals surface area contributed by atoms with Crippen molar-refractivity contribution < 1.29 is 23.1 Å². The molecule has 166 valence electrons. The molecule has 1 aliphatic rings. The number of aliphatic hydroxyl groups is 1. The Kier molecular flexibility index (Phi) is 6.39. The maximum Gasteiger partial charge on any atom is 0.416 e. The summed E-state index contributed by atoms with van der Waals surface area (Å²) in [6, 6.07) is 12.7. The second-order valence-electron chi connectivity index (χ2n) is 7.16. The minimum absolute atomic E-state index is 0.131. The first-order chi connectivity index (χ1) is 15.0. The van der Waals surface area contributed by atoms with Crippen LogP contribution in [-0.2, 0) is 6.18 Å². The van der Waals surface area contributed by atoms with Gasteiger partial charge in [0.05, 0.1) is 11.6 Å². The highest BCUT2D eigenvalue weighted by molar-refractivity contribution is 9.10. The highest BCUT2D eigenvalue weighted by Gasteiger charge is 2.35. The van der Waals surface area contributed by atoms with E-state index in [9.17, 15) is 23.1 Å². The summed E-state index contributed by atoms with van der Waals surface area (Å²) in [5.41, 5.74) is 1.04. The number of rotatable bonds is 3. The van der Waals surface area contributed by atoms with E-state index in [0.29, 0.717) is 27.4 Å². The Morgan fingerprint density at radius 2 is 1.78 bits per heavy atom. The Balaban J connectivity index is 1.74. The molecule has 0 spiro atoms. The van der Waals surface area contributed by atoms with Gasteiger partial charge in [0, 0.05) is 36.3 Å². The summed E-state index contributed by atoms with van der Waals surface area (Å²) in [6.45, 7) is 0. The van der Waals surface area contributed by atoms with E-state index in [2.05, 4.69) is 42.5 Å². The summed E-state index contributed by atoms with van der Waals surface area (Å²) in [7, 11) is 0. The molecule has 10 heteroatoms. The Bertz CT molecular complexity index is 1220. The van der Waals surface area contributed by atoms with Crippen LogP contribution in [0.2, 0.25) is 5.02 Å². The van der Waals surface area contributed by atoms with Gasteiger partial charge in [0.1, 0.15) is 6.23 Å². The summed E-state index contributed by atoms with van der Waals surface area (Å²) in [5.74, 6) is -0.717. The molecular formula is C22H14Br2ClF3N2O2. The first-order valence-corrected chi connectivity index (χ1v) is 11.2. The molecule has 32 heavy (non-hydrogen) atoms. The van der Waals surface area contributed by atoms with E-state index in [-0.39, 0.29) is 10.0 Å². The van der Waals surface area contributed by atoms with Gasteiger partial charge in [0.15, 0.2) is 0 Å². The summed E-state index contributed by atoms with van der Waals surface area (Å²) in [6.07, 6.45) is -5.60. The van der Waals surface area contributed by atoms with Crippen LogP contribution < -0.4 is 10.6 Å². The summed E-state index contributed by atoms with van der Waals surface area (Å²) < 4.78 is 40.4. The minimum Gasteiger partial charge on any atom is -0.374 e. The van der Waals surface area contributed by atoms with Gasteiger partial charge >= 0.3 is 6.18 Å². The van der Waals surface area contributed by atoms with Gasteiger partial charge < -0.3 is 10.4 Å². The largest absolute Gasteiger partial charge is 0.416 e. The fraction of sp³-hybridized carbons (Fsp3) is 0.136. The van der Waals surface area contributed by atoms with Crippen molar-refractivity contribution in [2.75, 3.05) is 5.32 Å². The SMILES string of the molecule is O=C(Nc1cccc2c1C(c1cc(Br)ccc1Cl)NC2O)c1cc(Br)cc(C(F)(F)F)c1. The molecule has 0 saturated carbocycles. The number of alkyl halides is 3. The van der Waals surface area contributed by atoms with Gasteiger partial charge in [-0.2, -0.15) is 13.2 Å². The van der Waals surface area contributed by atoms with Crippen molar-refractivity contribution >= 4 is 55.1 Å². The zero-order chi connectivity index (χ0) is 23.2. The predicted molar refractivity (Wildman–Crippen MR) is 123 cm³/mol. The zero-order valence-electron chi connectivity index (χ0n) is 16.0. The Morgan fingerprint density at radius 1 is 1.03 bits per heavy atom. The molecule has 4 nitrogen and oxygen atoms in total. The highest BCUT2D eigenvalue weighted by atomic mass is 79.9. The van der Waals surface area contributed by atoms with Crippen LogP contribution in [0.3, 0.4) is 0 Å². The van der Waals surface area contributed by atoms with Crippen LogP contribution >= 0.6 is 43.5 Å². The van der Waals surface area contributed by atoms with E-state index in [1.807, 2.05) is 0 Å². The molecule has 3 aromatic rings. The number of fused-ring (bicyclic) bond motifs is 1. The second kappa shape index (κ2) is 8.79. The third kappa shape index (κ3) is 4.58. The molecule has 0 radical (unpaired) electrons. The Morgan fingerprint density at radius 3 is 2.50 bits per heavy atom. The van der Waals surface area contributed by atoms with Gasteiger partial charge in [0.25, 0.3) is 5.91 Å². The van der Waals surface area contributed by atoms with E-state index >= 15 is 0 Å². The van der Waals surface area contributed by atoms with Crippen molar-refractivity contribution in [1.82, 2.24) is 5.32 Å². The first kappa shape index (κ1) is 23.3. The smallest absolute Gasteiger partial charge is 0.374 e. The van der Waals surface area contributed by atoms with Crippen LogP contribution in [0.5, 0.6) is 0 Å². The number of anilines is 1. The van der Waals surface area contributed by atoms with Gasteiger partial charge in [0.2, 0.25) is 0 Å². The maximum atomic E-state index is 13.2. The molecule has 1 amide bonds. The summed E-state index contributed by atoms with van der Waals surface area (Å²) in [4.78, 5) is 12.9. The van der Waals surface area contributed by atoms with E-state index in [1.54, 1.807) is 36.4 Å². The molecule has 2 atom stereocenters. The maximum absolute atomic E-state index is 13.2. The van der Waals surface area contributed by atoms with Crippen molar-refractivity contribution in [2.45, 2.75) is 18.4 Å². The van der Waals surface area contributed by atoms with Gasteiger partial charge in [-0.1, -0.05) is 55.6 Å². The Hall–Kier alpha value is -1.91. The van der Waals surface area contributed by atoms with Gasteiger partial charge in [-0.15, -0.1) is 0 Å². The van der Waals surface area contributed by atoms with Crippen LogP contribution in [-0.4, -0.2) is 11.0 Å². The number of amides is 1. The Labute approximate surface area is 203 Å². The zero-order valence-corrected chi connectivity index (χ0v) is 19.9. The molecule has 1 aliphatic heterocycles. The number of halogens is 6. The van der Waals surface area contributed by atoms with Crippen LogP contribution in [0.15, 0.2) is 63.5 Å². The fourth-order valence-electron chi connectivity index (χ4n) is 3.64. The lowest BCUT2D eigenvalue weighted by Gasteiger charge is -2.19. The van der Waals surface area contributed by atoms with Crippen LogP contribution in [0.4, 0.5) is 18.9 Å². The molecule has 0 saturated heterocycles. The fourth-order valence-corrected chi connectivity index (χ4v) is 4.74. The van der Waals surface area contributed by atoms with Gasteiger partial charge in [-0.25, -0.2) is 0 Å². The third-order valence-electron chi connectivity index (χ3n) is 5.05. The number of aliphatic hydroxyl groups excluding tert-OH is 1. The summed E-state index contributed by atoms with van der Waals surface area (Å²) >= 11 is 12.8. The molecule has 3 aromatic carbocycles. The van der Waals surface area contributed by atoms with Crippen molar-refractivity contribution in [1.29, 1.82) is 0 Å². The standard InChI is InChI=1S/C22H14Br2ClF3N2O2/c23-12-4-5-16(25)15(9-12)19-18-14(21(32)30-19)2-1-3-17(18)29-20(31)10-6-11(22(26,27)28)8-13(24)7-10/h1-9,19,21,30,32H,(H,29,31). The molecule has 0 aliphatic carbocycles. The van der Waals surface area contributed by atoms with E-state index in [1.165, 1.54) is 6.07 Å². The summed E-state index contributed by atoms with van der Waals surface area (Å²) in [5, 5.41) is 16.7. The lowest BCUT2D eigenvalue weighted by atomic mass is 9.96. The quantitative estimate of drug-likeness (QED) is 0.314. The van der Waals surface area contributed by atoms with Crippen molar-refractivity contribution in [2.24, 2.45) is 0 Å². The number of carbonyl (C=O) groups is 1. The lowest BCUT2D eigenvalue weighted by Crippen LogP contribution is -2.20. The number of nitrogens with one attached hydrogen (secondary N) is 2. The molecule has 4 rings (SSSR count). The van der Waals surface area contributed by atoms with E-state index < -0.39 is 29.9 Å². The minimum atomic E-state index is -4.59. The topological polar surface area (TPSA) is 61.4 Å². The molecule has 0 fully saturated rings. The number of hydrogen-bond donors (Lipinski definition) is 3. The highest BCUT2D eigenvalue weighted by Crippen LogP contribution is 2.43. The van der Waals surface area contributed by atoms with Gasteiger partial charge in [-0.05, 0) is 48.0 Å². The van der Waals surface area contributed by atoms with Crippen LogP contribution in [0.25, 0.3) is 0 Å². The normalized spacial score (nSPS) is 17.8. The molecular weight excluding hydrogens is 577 g/mol. The lowest BCUT2D eigenvalue weighted by molar-refractivity contribution is -0.137. The van der Waals surface area contributed by atoms with Crippen molar-refractivity contribution in [3.8, 4) is 0 Å². The van der Waals surface area contributed by atoms with Crippen molar-refractivity contribution in [3.05, 3.63) is 96.4 Å². The molecule has 1 heterocycles. The molecule has 3 N–H and O–H groups in total.